The van der Waals surface area contributed by atoms with E-state index in [9.17, 15) is 24.3 Å². The number of carboxylic acids is 2. The second-order valence-electron chi connectivity index (χ2n) is 8.95. The average molecular weight is 503 g/mol. The van der Waals surface area contributed by atoms with E-state index in [2.05, 4.69) is 21.2 Å². The number of carbonyl (C=O) groups excluding carboxylic acids is 1. The maximum atomic E-state index is 12.6. The van der Waals surface area contributed by atoms with Crippen molar-refractivity contribution in [1.29, 1.82) is 0 Å². The molecule has 0 spiro atoms. The topological polar surface area (TPSA) is 153 Å². The summed E-state index contributed by atoms with van der Waals surface area (Å²) in [4.78, 5) is 56.5. The largest absolute Gasteiger partial charge is 0.481 e. The first-order valence-electron chi connectivity index (χ1n) is 11.8. The van der Waals surface area contributed by atoms with Gasteiger partial charge in [0.05, 0.1) is 23.5 Å². The number of H-pyrrole nitrogens is 1. The van der Waals surface area contributed by atoms with Gasteiger partial charge in [-0.05, 0) is 73.7 Å². The first kappa shape index (κ1) is 25.4. The average Bonchev–Trinajstić information content (AvgIpc) is 3.26. The first-order chi connectivity index (χ1) is 17.7. The van der Waals surface area contributed by atoms with E-state index >= 15 is 0 Å². The number of carbonyl (C=O) groups is 3. The van der Waals surface area contributed by atoms with Gasteiger partial charge in [0.15, 0.2) is 0 Å². The Morgan fingerprint density at radius 1 is 1.24 bits per heavy atom. The Kier molecular flexibility index (Phi) is 7.25. The van der Waals surface area contributed by atoms with Crippen molar-refractivity contribution < 1.29 is 24.6 Å². The molecule has 10 heteroatoms. The van der Waals surface area contributed by atoms with E-state index in [-0.39, 0.29) is 30.0 Å². The van der Waals surface area contributed by atoms with Crippen molar-refractivity contribution in [2.45, 2.75) is 44.7 Å². The maximum Gasteiger partial charge on any atom is 0.326 e. The van der Waals surface area contributed by atoms with Crippen LogP contribution in [0.1, 0.15) is 52.6 Å². The molecule has 0 aliphatic heterocycles. The predicted octanol–water partition coefficient (Wildman–Crippen LogP) is 2.41. The number of hydrogen-bond donors (Lipinski definition) is 4. The van der Waals surface area contributed by atoms with Crippen molar-refractivity contribution in [2.75, 3.05) is 11.4 Å². The molecule has 10 nitrogen and oxygen atoms in total. The zero-order chi connectivity index (χ0) is 26.7. The predicted molar refractivity (Wildman–Crippen MR) is 137 cm³/mol. The minimum absolute atomic E-state index is 0.0803. The zero-order valence-electron chi connectivity index (χ0n) is 20.2. The molecule has 4 N–H and O–H groups in total. The normalized spacial score (nSPS) is 15.0. The molecule has 0 bridgehead atoms. The lowest BCUT2D eigenvalue weighted by atomic mass is 10.0. The Balaban J connectivity index is 1.58. The molecule has 1 amide bonds. The molecular formula is C27H26N4O6. The highest BCUT2D eigenvalue weighted by Crippen LogP contribution is 2.39. The number of anilines is 1. The van der Waals surface area contributed by atoms with Gasteiger partial charge < -0.3 is 25.4 Å². The lowest BCUT2D eigenvalue weighted by Crippen LogP contribution is -2.41. The summed E-state index contributed by atoms with van der Waals surface area (Å²) in [5, 5.41) is 21.0. The molecule has 1 aromatic heterocycles. The number of terminal acetylenes is 1. The molecule has 0 radical (unpaired) electrons. The molecule has 0 fully saturated rings. The SMILES string of the molecule is C#CCN(c1ccc(C(=O)NC(CCC(=O)O)C(=O)O)cc1)C1CCc2cc3nc(C)[nH]c(=O)c3cc21. The molecule has 2 aromatic carbocycles. The van der Waals surface area contributed by atoms with Crippen LogP contribution in [0.15, 0.2) is 41.2 Å². The lowest BCUT2D eigenvalue weighted by molar-refractivity contribution is -0.140. The van der Waals surface area contributed by atoms with Crippen LogP contribution in [0.2, 0.25) is 0 Å². The Morgan fingerprint density at radius 3 is 2.62 bits per heavy atom. The number of amides is 1. The third-order valence-electron chi connectivity index (χ3n) is 6.48. The van der Waals surface area contributed by atoms with Crippen LogP contribution in [0.4, 0.5) is 5.69 Å². The number of carboxylic acid groups (broad SMARTS) is 2. The lowest BCUT2D eigenvalue weighted by Gasteiger charge is -2.30. The van der Waals surface area contributed by atoms with E-state index in [0.29, 0.717) is 23.3 Å². The second kappa shape index (κ2) is 10.5. The fourth-order valence-corrected chi connectivity index (χ4v) is 4.71. The number of aliphatic carboxylic acids is 2. The van der Waals surface area contributed by atoms with Crippen LogP contribution in [0.5, 0.6) is 0 Å². The van der Waals surface area contributed by atoms with Gasteiger partial charge in [-0.2, -0.15) is 0 Å². The van der Waals surface area contributed by atoms with Crippen LogP contribution in [-0.2, 0) is 16.0 Å². The van der Waals surface area contributed by atoms with E-state index in [1.807, 2.05) is 17.0 Å². The summed E-state index contributed by atoms with van der Waals surface area (Å²) in [5.74, 6) is 0.176. The molecule has 3 aromatic rings. The molecule has 1 heterocycles. The number of fused-ring (bicyclic) bond motifs is 2. The summed E-state index contributed by atoms with van der Waals surface area (Å²) in [5.41, 5.74) is 3.57. The minimum atomic E-state index is -1.31. The Labute approximate surface area is 212 Å². The highest BCUT2D eigenvalue weighted by Gasteiger charge is 2.29. The molecule has 4 rings (SSSR count). The van der Waals surface area contributed by atoms with Crippen LogP contribution in [0, 0.1) is 19.3 Å². The molecule has 37 heavy (non-hydrogen) atoms. The summed E-state index contributed by atoms with van der Waals surface area (Å²) in [6.45, 7) is 2.04. The number of aromatic nitrogens is 2. The number of nitrogens with zero attached hydrogens (tertiary/aromatic N) is 2. The van der Waals surface area contributed by atoms with Crippen LogP contribution in [-0.4, -0.2) is 50.6 Å². The van der Waals surface area contributed by atoms with Crippen LogP contribution >= 0.6 is 0 Å². The minimum Gasteiger partial charge on any atom is -0.481 e. The molecule has 1 aliphatic rings. The van der Waals surface area contributed by atoms with Gasteiger partial charge in [0, 0.05) is 17.7 Å². The first-order valence-corrected chi connectivity index (χ1v) is 11.8. The molecule has 1 aliphatic carbocycles. The number of aryl methyl sites for hydroxylation is 2. The van der Waals surface area contributed by atoms with Crippen molar-refractivity contribution in [3.8, 4) is 12.3 Å². The molecule has 0 saturated heterocycles. The van der Waals surface area contributed by atoms with Gasteiger partial charge in [-0.15, -0.1) is 6.42 Å². The number of rotatable bonds is 9. The van der Waals surface area contributed by atoms with Gasteiger partial charge in [-0.1, -0.05) is 5.92 Å². The van der Waals surface area contributed by atoms with E-state index < -0.39 is 23.9 Å². The maximum absolute atomic E-state index is 12.6. The van der Waals surface area contributed by atoms with Gasteiger partial charge in [-0.25, -0.2) is 9.78 Å². The number of hydrogen-bond acceptors (Lipinski definition) is 6. The van der Waals surface area contributed by atoms with Crippen molar-refractivity contribution in [3.63, 3.8) is 0 Å². The molecule has 0 saturated carbocycles. The molecule has 2 atom stereocenters. The third kappa shape index (κ3) is 5.46. The Hall–Kier alpha value is -4.65. The number of benzene rings is 2. The zero-order valence-corrected chi connectivity index (χ0v) is 20.2. The number of aromatic amines is 1. The van der Waals surface area contributed by atoms with Crippen LogP contribution in [0.25, 0.3) is 10.9 Å². The third-order valence-corrected chi connectivity index (χ3v) is 6.48. The fraction of sp³-hybridized carbons (Fsp3) is 0.296. The van der Waals surface area contributed by atoms with Gasteiger partial charge in [-0.3, -0.25) is 14.4 Å². The molecule has 2 unspecified atom stereocenters. The molecular weight excluding hydrogens is 476 g/mol. The van der Waals surface area contributed by atoms with Crippen LogP contribution in [0.3, 0.4) is 0 Å². The van der Waals surface area contributed by atoms with Gasteiger partial charge in [0.1, 0.15) is 11.9 Å². The van der Waals surface area contributed by atoms with Crippen molar-refractivity contribution in [3.05, 3.63) is 69.3 Å². The fourth-order valence-electron chi connectivity index (χ4n) is 4.71. The van der Waals surface area contributed by atoms with Crippen molar-refractivity contribution >= 4 is 34.4 Å². The summed E-state index contributed by atoms with van der Waals surface area (Å²) >= 11 is 0. The van der Waals surface area contributed by atoms with E-state index in [1.165, 1.54) is 0 Å². The van der Waals surface area contributed by atoms with Gasteiger partial charge in [0.2, 0.25) is 0 Å². The number of nitrogens with one attached hydrogen (secondary N) is 2. The van der Waals surface area contributed by atoms with Crippen molar-refractivity contribution in [2.24, 2.45) is 0 Å². The van der Waals surface area contributed by atoms with Gasteiger partial charge in [0.25, 0.3) is 11.5 Å². The van der Waals surface area contributed by atoms with Crippen LogP contribution < -0.4 is 15.8 Å². The summed E-state index contributed by atoms with van der Waals surface area (Å²) in [6, 6.07) is 9.04. The standard InChI is InChI=1S/C27H26N4O6/c1-3-12-31(23-10-6-17-13-22-20(14-19(17)23)26(35)29-15(2)28-22)18-7-4-16(5-8-18)25(34)30-21(27(36)37)9-11-24(32)33/h1,4-5,7-8,13-14,21,23H,6,9-12H2,2H3,(H,30,34)(H,32,33)(H,36,37)(H,28,29,35). The molecule has 190 valence electrons. The highest BCUT2D eigenvalue weighted by molar-refractivity contribution is 5.97. The van der Waals surface area contributed by atoms with Crippen molar-refractivity contribution in [1.82, 2.24) is 15.3 Å². The quantitative estimate of drug-likeness (QED) is 0.326. The Bertz CT molecular complexity index is 1470. The van der Waals surface area contributed by atoms with E-state index in [1.54, 1.807) is 31.2 Å². The van der Waals surface area contributed by atoms with Gasteiger partial charge >= 0.3 is 11.9 Å². The summed E-state index contributed by atoms with van der Waals surface area (Å²) < 4.78 is 0. The Morgan fingerprint density at radius 2 is 1.97 bits per heavy atom. The summed E-state index contributed by atoms with van der Waals surface area (Å²) in [6.07, 6.45) is 6.67. The second-order valence-corrected chi connectivity index (χ2v) is 8.95. The smallest absolute Gasteiger partial charge is 0.326 e. The van der Waals surface area contributed by atoms with E-state index in [0.717, 1.165) is 29.7 Å². The van der Waals surface area contributed by atoms with E-state index in [4.69, 9.17) is 11.5 Å². The summed E-state index contributed by atoms with van der Waals surface area (Å²) in [7, 11) is 0. The monoisotopic (exact) mass is 502 g/mol. The highest BCUT2D eigenvalue weighted by atomic mass is 16.4.